The first-order valence-corrected chi connectivity index (χ1v) is 9.69. The fourth-order valence-electron chi connectivity index (χ4n) is 4.22. The quantitative estimate of drug-likeness (QED) is 0.276. The Balaban J connectivity index is 1.89. The molecule has 0 aromatic heterocycles. The molecule has 0 radical (unpaired) electrons. The molecule has 29 heavy (non-hydrogen) atoms. The Morgan fingerprint density at radius 3 is 1.34 bits per heavy atom. The van der Waals surface area contributed by atoms with Crippen molar-refractivity contribution in [3.05, 3.63) is 120 Å². The normalized spacial score (nSPS) is 11.3. The van der Waals surface area contributed by atoms with Gasteiger partial charge in [-0.15, -0.1) is 0 Å². The van der Waals surface area contributed by atoms with Crippen LogP contribution in [0, 0.1) is 0 Å². The van der Waals surface area contributed by atoms with Crippen LogP contribution in [0.1, 0.15) is 22.6 Å². The minimum Gasteiger partial charge on any atom is -0.508 e. The van der Waals surface area contributed by atoms with Gasteiger partial charge in [-0.25, -0.2) is 0 Å². The maximum absolute atomic E-state index is 9.83. The van der Waals surface area contributed by atoms with Gasteiger partial charge in [-0.05, 0) is 68.6 Å². The second-order valence-corrected chi connectivity index (χ2v) is 7.35. The van der Waals surface area contributed by atoms with Gasteiger partial charge in [-0.1, -0.05) is 72.8 Å². The van der Waals surface area contributed by atoms with Crippen molar-refractivity contribution < 1.29 is 10.2 Å². The third-order valence-corrected chi connectivity index (χ3v) is 5.55. The molecule has 5 aromatic rings. The molecule has 140 valence electrons. The number of hydrogen-bond acceptors (Lipinski definition) is 2. The van der Waals surface area contributed by atoms with Crippen molar-refractivity contribution in [1.82, 2.24) is 0 Å². The zero-order chi connectivity index (χ0) is 19.8. The molecular weight excluding hydrogens is 356 g/mol. The first kappa shape index (κ1) is 17.3. The second-order valence-electron chi connectivity index (χ2n) is 7.35. The van der Waals surface area contributed by atoms with Gasteiger partial charge in [0.05, 0.1) is 0 Å². The SMILES string of the molecule is Oc1ccc(C(c2ccc(O)cc2)c2c3ccccc3cc3ccccc23)cc1. The molecule has 2 heteroatoms. The lowest BCUT2D eigenvalue weighted by Gasteiger charge is -2.23. The fraction of sp³-hybridized carbons (Fsp3) is 0.0370. The molecule has 2 nitrogen and oxygen atoms in total. The largest absolute Gasteiger partial charge is 0.508 e. The molecule has 0 heterocycles. The molecule has 0 saturated heterocycles. The van der Waals surface area contributed by atoms with Crippen molar-refractivity contribution in [2.45, 2.75) is 5.92 Å². The van der Waals surface area contributed by atoms with E-state index >= 15 is 0 Å². The van der Waals surface area contributed by atoms with Crippen LogP contribution in [0.15, 0.2) is 103 Å². The molecule has 0 saturated carbocycles. The van der Waals surface area contributed by atoms with Crippen molar-refractivity contribution in [2.75, 3.05) is 0 Å². The first-order chi connectivity index (χ1) is 14.2. The van der Waals surface area contributed by atoms with Crippen LogP contribution in [0.2, 0.25) is 0 Å². The molecule has 0 aliphatic carbocycles. The van der Waals surface area contributed by atoms with E-state index in [0.29, 0.717) is 0 Å². The van der Waals surface area contributed by atoms with Crippen LogP contribution in [0.25, 0.3) is 21.5 Å². The van der Waals surface area contributed by atoms with Gasteiger partial charge in [0.25, 0.3) is 0 Å². The summed E-state index contributed by atoms with van der Waals surface area (Å²) in [6, 6.07) is 34.0. The first-order valence-electron chi connectivity index (χ1n) is 9.69. The standard InChI is InChI=1S/C27H20O2/c28-22-13-9-18(10-14-22)26(19-11-15-23(29)16-12-19)27-24-7-3-1-5-20(24)17-21-6-2-4-8-25(21)27/h1-17,26,28-29H. The van der Waals surface area contributed by atoms with Crippen LogP contribution in [0.4, 0.5) is 0 Å². The lowest BCUT2D eigenvalue weighted by molar-refractivity contribution is 0.475. The van der Waals surface area contributed by atoms with E-state index in [1.807, 2.05) is 24.3 Å². The highest BCUT2D eigenvalue weighted by molar-refractivity contribution is 6.03. The van der Waals surface area contributed by atoms with E-state index in [1.165, 1.54) is 27.1 Å². The zero-order valence-corrected chi connectivity index (χ0v) is 15.8. The van der Waals surface area contributed by atoms with Gasteiger partial charge in [0, 0.05) is 5.92 Å². The number of phenolic OH excluding ortho intramolecular Hbond substituents is 2. The molecule has 5 rings (SSSR count). The summed E-state index contributed by atoms with van der Waals surface area (Å²) >= 11 is 0. The second kappa shape index (κ2) is 6.99. The van der Waals surface area contributed by atoms with Crippen molar-refractivity contribution >= 4 is 21.5 Å². The van der Waals surface area contributed by atoms with E-state index in [1.54, 1.807) is 24.3 Å². The van der Waals surface area contributed by atoms with Gasteiger partial charge in [-0.2, -0.15) is 0 Å². The number of phenols is 2. The molecule has 0 spiro atoms. The fourth-order valence-corrected chi connectivity index (χ4v) is 4.22. The zero-order valence-electron chi connectivity index (χ0n) is 15.8. The van der Waals surface area contributed by atoms with E-state index in [0.717, 1.165) is 11.1 Å². The topological polar surface area (TPSA) is 40.5 Å². The van der Waals surface area contributed by atoms with Crippen LogP contribution in [0.3, 0.4) is 0 Å². The van der Waals surface area contributed by atoms with E-state index in [9.17, 15) is 10.2 Å². The number of aromatic hydroxyl groups is 2. The monoisotopic (exact) mass is 376 g/mol. The minimum absolute atomic E-state index is 0.0350. The van der Waals surface area contributed by atoms with Crippen molar-refractivity contribution in [3.63, 3.8) is 0 Å². The summed E-state index contributed by atoms with van der Waals surface area (Å²) in [5.41, 5.74) is 3.42. The number of benzene rings is 5. The van der Waals surface area contributed by atoms with E-state index in [2.05, 4.69) is 54.6 Å². The average molecular weight is 376 g/mol. The average Bonchev–Trinajstić information content (AvgIpc) is 2.76. The Morgan fingerprint density at radius 1 is 0.483 bits per heavy atom. The molecule has 0 fully saturated rings. The van der Waals surface area contributed by atoms with Gasteiger partial charge >= 0.3 is 0 Å². The third-order valence-electron chi connectivity index (χ3n) is 5.55. The predicted molar refractivity (Wildman–Crippen MR) is 119 cm³/mol. The highest BCUT2D eigenvalue weighted by Crippen LogP contribution is 2.41. The molecule has 2 N–H and O–H groups in total. The Kier molecular flexibility index (Phi) is 4.18. The highest BCUT2D eigenvalue weighted by atomic mass is 16.3. The summed E-state index contributed by atoms with van der Waals surface area (Å²) in [7, 11) is 0. The van der Waals surface area contributed by atoms with Crippen LogP contribution < -0.4 is 0 Å². The van der Waals surface area contributed by atoms with Crippen LogP contribution in [-0.2, 0) is 0 Å². The Labute approximate surface area is 169 Å². The number of hydrogen-bond donors (Lipinski definition) is 2. The van der Waals surface area contributed by atoms with Crippen LogP contribution >= 0.6 is 0 Å². The van der Waals surface area contributed by atoms with Gasteiger partial charge in [0.15, 0.2) is 0 Å². The smallest absolute Gasteiger partial charge is 0.115 e. The molecule has 0 aliphatic heterocycles. The minimum atomic E-state index is -0.0350. The van der Waals surface area contributed by atoms with E-state index < -0.39 is 0 Å². The maximum atomic E-state index is 9.83. The summed E-state index contributed by atoms with van der Waals surface area (Å²) in [5, 5.41) is 24.5. The molecule has 0 unspecified atom stereocenters. The summed E-state index contributed by atoms with van der Waals surface area (Å²) < 4.78 is 0. The van der Waals surface area contributed by atoms with Gasteiger partial charge in [0.2, 0.25) is 0 Å². The molecule has 5 aromatic carbocycles. The molecule has 0 bridgehead atoms. The number of rotatable bonds is 3. The van der Waals surface area contributed by atoms with Gasteiger partial charge in [-0.3, -0.25) is 0 Å². The summed E-state index contributed by atoms with van der Waals surface area (Å²) in [5.74, 6) is 0.467. The Hall–Kier alpha value is -3.78. The number of fused-ring (bicyclic) bond motifs is 2. The third kappa shape index (κ3) is 3.09. The van der Waals surface area contributed by atoms with E-state index in [-0.39, 0.29) is 17.4 Å². The predicted octanol–water partition coefficient (Wildman–Crippen LogP) is 6.58. The van der Waals surface area contributed by atoms with Crippen molar-refractivity contribution in [3.8, 4) is 11.5 Å². The van der Waals surface area contributed by atoms with Crippen LogP contribution in [-0.4, -0.2) is 10.2 Å². The lowest BCUT2D eigenvalue weighted by Crippen LogP contribution is -2.05. The van der Waals surface area contributed by atoms with Gasteiger partial charge < -0.3 is 10.2 Å². The van der Waals surface area contributed by atoms with E-state index in [4.69, 9.17) is 0 Å². The Bertz CT molecular complexity index is 1200. The highest BCUT2D eigenvalue weighted by Gasteiger charge is 2.22. The lowest BCUT2D eigenvalue weighted by atomic mass is 9.80. The molecule has 0 amide bonds. The van der Waals surface area contributed by atoms with Gasteiger partial charge in [0.1, 0.15) is 11.5 Å². The van der Waals surface area contributed by atoms with Crippen molar-refractivity contribution in [1.29, 1.82) is 0 Å². The molecular formula is C27H20O2. The summed E-state index contributed by atoms with van der Waals surface area (Å²) in [4.78, 5) is 0. The summed E-state index contributed by atoms with van der Waals surface area (Å²) in [6.45, 7) is 0. The molecule has 0 atom stereocenters. The maximum Gasteiger partial charge on any atom is 0.115 e. The van der Waals surface area contributed by atoms with Crippen LogP contribution in [0.5, 0.6) is 11.5 Å². The molecule has 0 aliphatic rings. The van der Waals surface area contributed by atoms with Crippen molar-refractivity contribution in [2.24, 2.45) is 0 Å². The Morgan fingerprint density at radius 2 is 0.897 bits per heavy atom. The summed E-state index contributed by atoms with van der Waals surface area (Å²) in [6.07, 6.45) is 0.